The fourth-order valence-corrected chi connectivity index (χ4v) is 20.5. The van der Waals surface area contributed by atoms with Crippen LogP contribution in [-0.2, 0) is 24.0 Å². The molecular weight excluding hydrogens is 1710 g/mol. The van der Waals surface area contributed by atoms with Gasteiger partial charge < -0.3 is 44.8 Å². The van der Waals surface area contributed by atoms with E-state index in [-0.39, 0.29) is 44.8 Å². The Labute approximate surface area is 758 Å². The Hall–Kier alpha value is -13.8. The summed E-state index contributed by atoms with van der Waals surface area (Å²) in [6, 6.07) is 111. The van der Waals surface area contributed by atoms with Gasteiger partial charge in [0.2, 0.25) is 21.1 Å². The van der Waals surface area contributed by atoms with Crippen molar-refractivity contribution in [1.82, 2.24) is 0 Å². The van der Waals surface area contributed by atoms with Gasteiger partial charge in [-0.3, -0.25) is 24.0 Å². The monoisotopic (exact) mass is 1800 g/mol. The molecule has 0 unspecified atom stereocenters. The second-order valence-electron chi connectivity index (χ2n) is 30.9. The number of thioether (sulfide) groups is 3. The van der Waals surface area contributed by atoms with Crippen LogP contribution in [0, 0.1) is 25.5 Å². The van der Waals surface area contributed by atoms with Crippen LogP contribution in [0.4, 0.5) is 71.3 Å². The van der Waals surface area contributed by atoms with Crippen molar-refractivity contribution >= 4 is 141 Å². The zero-order chi connectivity index (χ0) is 88.7. The third kappa shape index (κ3) is 18.0. The summed E-state index contributed by atoms with van der Waals surface area (Å²) in [6.07, 6.45) is 0. The number of ether oxygens (including phenoxy) is 2. The number of esters is 2. The number of fused-ring (bicyclic) bond motifs is 10. The molecule has 0 amide bonds. The quantitative estimate of drug-likeness (QED) is 0.0574. The van der Waals surface area contributed by atoms with E-state index < -0.39 is 35.2 Å². The van der Waals surface area contributed by atoms with Gasteiger partial charge in [-0.2, -0.15) is 0 Å². The Morgan fingerprint density at radius 1 is 0.323 bits per heavy atom. The SMILES string of the molecule is CN1c2ccccc2C(C(=O)Oc2c(F)cccc2F)c2ccccc21.CN1c2ccccc2C(C(=O)Oc2ccccc2)c2ccccc21.CN1c2ccccc2C(C(=O)Sc2ccc(N)cc2)c2ccccc21.CN1c2ccccc2C(C(=O)Sc2ccccc2Br)c2ccccc21.Cc1cc(O)cc(C)c1SC(=O)C1c2ccccc2N(C)c2ccccc21. The van der Waals surface area contributed by atoms with Crippen molar-refractivity contribution in [3.05, 3.63) is 435 Å². The minimum atomic E-state index is -0.909. The van der Waals surface area contributed by atoms with Crippen molar-refractivity contribution in [2.45, 2.75) is 58.1 Å². The third-order valence-electron chi connectivity index (χ3n) is 23.1. The van der Waals surface area contributed by atoms with Gasteiger partial charge in [0.05, 0.1) is 17.8 Å². The molecule has 15 aromatic rings. The van der Waals surface area contributed by atoms with Crippen molar-refractivity contribution in [2.24, 2.45) is 0 Å². The Morgan fingerprint density at radius 2 is 0.591 bits per heavy atom. The standard InChI is InChI=1S/C23H21NO2S.C21H16BrNOS.C21H15F2NO2.C21H18N2OS.C21H17NO2/c1-14-12-16(25)13-15(2)22(14)27-23(26)21-17-8-4-6-10-19(17)24(3)20-11-7-5-9-18(20)21;1-23-17-11-5-2-8-14(17)20(15-9-3-6-12-18(15)23)21(24)25-19-13-7-4-10-16(19)22;1-24-17-11-4-2-7-13(17)19(14-8-3-5-12-18(14)24)21(25)26-20-15(22)9-6-10-16(20)23;1-23-18-8-4-2-6-16(18)20(17-7-3-5-9-19(17)23)21(24)25-15-12-10-14(22)11-13-15;1-22-18-13-7-5-11-16(18)20(17-12-6-8-14-19(17)22)21(23)24-15-9-3-2-4-10-15/h4-13,21,25H,1-3H3;2-13,20H,1H3;2-12,19H,1H3;2-13,20H,22H2,1H3;2-14,20H,1H3. The summed E-state index contributed by atoms with van der Waals surface area (Å²) in [5.41, 5.74) is 28.2. The van der Waals surface area contributed by atoms with Crippen LogP contribution in [0.1, 0.15) is 96.4 Å². The van der Waals surface area contributed by atoms with Gasteiger partial charge in [-0.05, 0) is 242 Å². The molecule has 0 atom stereocenters. The molecule has 0 saturated heterocycles. The van der Waals surface area contributed by atoms with Crippen LogP contribution in [0.3, 0.4) is 0 Å². The molecule has 127 heavy (non-hydrogen) atoms. The van der Waals surface area contributed by atoms with Crippen LogP contribution >= 0.6 is 51.2 Å². The number of nitrogens with zero attached hydrogens (tertiary/aromatic N) is 5. The van der Waals surface area contributed by atoms with E-state index in [1.807, 2.05) is 308 Å². The van der Waals surface area contributed by atoms with E-state index in [0.29, 0.717) is 11.4 Å². The summed E-state index contributed by atoms with van der Waals surface area (Å²) in [5, 5.41) is 10.1. The molecule has 5 aliphatic rings. The van der Waals surface area contributed by atoms with Gasteiger partial charge in [0.25, 0.3) is 0 Å². The number of nitrogens with two attached hydrogens (primary N) is 1. The average molecular weight is 1800 g/mol. The molecule has 632 valence electrons. The summed E-state index contributed by atoms with van der Waals surface area (Å²) in [6.45, 7) is 3.86. The number of para-hydroxylation sites is 12. The van der Waals surface area contributed by atoms with Gasteiger partial charge in [-0.1, -0.05) is 242 Å². The second-order valence-corrected chi connectivity index (χ2v) is 34.9. The molecule has 0 spiro atoms. The number of anilines is 11. The van der Waals surface area contributed by atoms with Crippen molar-refractivity contribution in [1.29, 1.82) is 0 Å². The molecule has 20 rings (SSSR count). The van der Waals surface area contributed by atoms with E-state index in [9.17, 15) is 37.9 Å². The van der Waals surface area contributed by atoms with Gasteiger partial charge in [0, 0.05) is 117 Å². The Morgan fingerprint density at radius 3 is 0.913 bits per heavy atom. The van der Waals surface area contributed by atoms with Crippen molar-refractivity contribution in [2.75, 3.05) is 65.5 Å². The lowest BCUT2D eigenvalue weighted by atomic mass is 9.85. The van der Waals surface area contributed by atoms with Crippen molar-refractivity contribution in [3.63, 3.8) is 0 Å². The first-order valence-electron chi connectivity index (χ1n) is 41.2. The van der Waals surface area contributed by atoms with E-state index >= 15 is 0 Å². The van der Waals surface area contributed by atoms with E-state index in [4.69, 9.17) is 15.2 Å². The highest BCUT2D eigenvalue weighted by Gasteiger charge is 2.40. The predicted molar refractivity (Wildman–Crippen MR) is 513 cm³/mol. The smallest absolute Gasteiger partial charge is 0.323 e. The molecular formula is C107H87BrF2N6O8S3. The normalized spacial score (nSPS) is 13.2. The number of phenolic OH excluding ortho intramolecular Hbond substituents is 1. The molecule has 14 nitrogen and oxygen atoms in total. The van der Waals surface area contributed by atoms with E-state index in [1.54, 1.807) is 24.3 Å². The first kappa shape index (κ1) is 86.7. The van der Waals surface area contributed by atoms with Gasteiger partial charge in [0.15, 0.2) is 11.6 Å². The molecule has 0 fully saturated rings. The number of benzene rings is 15. The number of hydrogen-bond donors (Lipinski definition) is 2. The minimum Gasteiger partial charge on any atom is -0.508 e. The molecule has 3 N–H and O–H groups in total. The Kier molecular flexibility index (Phi) is 26.2. The lowest BCUT2D eigenvalue weighted by Gasteiger charge is -2.34. The highest BCUT2D eigenvalue weighted by atomic mass is 79.9. The fourth-order valence-electron chi connectivity index (χ4n) is 17.2. The van der Waals surface area contributed by atoms with Crippen molar-refractivity contribution < 1.29 is 47.3 Å². The maximum atomic E-state index is 13.9. The molecule has 0 aliphatic carbocycles. The zero-order valence-electron chi connectivity index (χ0n) is 70.4. The van der Waals surface area contributed by atoms with Crippen LogP contribution < -0.4 is 39.7 Å². The molecule has 20 heteroatoms. The fraction of sp³-hybridized carbons (Fsp3) is 0.112. The number of hydrogen-bond acceptors (Lipinski definition) is 17. The van der Waals surface area contributed by atoms with Gasteiger partial charge >= 0.3 is 11.9 Å². The molecule has 0 aromatic heterocycles. The number of carbonyl (C=O) groups excluding carboxylic acids is 5. The zero-order valence-corrected chi connectivity index (χ0v) is 74.4. The number of rotatable bonds is 10. The lowest BCUT2D eigenvalue weighted by Crippen LogP contribution is -2.28. The minimum absolute atomic E-state index is 0.0971. The summed E-state index contributed by atoms with van der Waals surface area (Å²) in [5.74, 6) is -4.71. The van der Waals surface area contributed by atoms with Crippen LogP contribution in [0.15, 0.2) is 371 Å². The molecule has 0 radical (unpaired) electrons. The maximum absolute atomic E-state index is 13.9. The molecule has 5 aliphatic heterocycles. The molecule has 0 bridgehead atoms. The first-order valence-corrected chi connectivity index (χ1v) is 44.4. The molecule has 15 aromatic carbocycles. The first-order chi connectivity index (χ1) is 61.6. The largest absolute Gasteiger partial charge is 0.508 e. The predicted octanol–water partition coefficient (Wildman–Crippen LogP) is 25.6. The third-order valence-corrected chi connectivity index (χ3v) is 27.3. The van der Waals surface area contributed by atoms with Crippen molar-refractivity contribution in [3.8, 4) is 17.2 Å². The van der Waals surface area contributed by atoms with Crippen LogP contribution in [0.2, 0.25) is 0 Å². The Bertz CT molecular complexity index is 6400. The maximum Gasteiger partial charge on any atom is 0.323 e. The highest BCUT2D eigenvalue weighted by Crippen LogP contribution is 2.53. The van der Waals surface area contributed by atoms with Crippen LogP contribution in [-0.4, -0.2) is 67.6 Å². The number of phenols is 1. The number of carbonyl (C=O) groups is 5. The van der Waals surface area contributed by atoms with Crippen LogP contribution in [0.5, 0.6) is 17.2 Å². The highest BCUT2D eigenvalue weighted by molar-refractivity contribution is 9.10. The van der Waals surface area contributed by atoms with E-state index in [1.165, 1.54) is 41.4 Å². The van der Waals surface area contributed by atoms with Gasteiger partial charge in [0.1, 0.15) is 23.3 Å². The summed E-state index contributed by atoms with van der Waals surface area (Å²) >= 11 is 7.39. The van der Waals surface area contributed by atoms with Gasteiger partial charge in [-0.15, -0.1) is 0 Å². The van der Waals surface area contributed by atoms with E-state index in [2.05, 4.69) is 91.1 Å². The molecule has 0 saturated carbocycles. The second kappa shape index (κ2) is 38.4. The average Bonchev–Trinajstić information content (AvgIpc) is 0.770. The number of nitrogen functional groups attached to an aromatic ring is 1. The summed E-state index contributed by atoms with van der Waals surface area (Å²) in [4.78, 5) is 79.2. The number of halogens is 3. The lowest BCUT2D eigenvalue weighted by molar-refractivity contribution is -0.136. The summed E-state index contributed by atoms with van der Waals surface area (Å²) in [7, 11) is 10.1. The van der Waals surface area contributed by atoms with Gasteiger partial charge in [-0.25, -0.2) is 8.78 Å². The van der Waals surface area contributed by atoms with E-state index in [0.717, 1.165) is 155 Å². The number of aromatic hydroxyl groups is 1. The Balaban J connectivity index is 0.000000117. The van der Waals surface area contributed by atoms with Crippen LogP contribution in [0.25, 0.3) is 0 Å². The molecule has 5 heterocycles. The topological polar surface area (TPSA) is 166 Å². The summed E-state index contributed by atoms with van der Waals surface area (Å²) < 4.78 is 39.6. The number of aryl methyl sites for hydroxylation is 2.